The quantitative estimate of drug-likeness (QED) is 0.766. The summed E-state index contributed by atoms with van der Waals surface area (Å²) in [5, 5.41) is 7.16. The van der Waals surface area contributed by atoms with Crippen molar-refractivity contribution in [1.82, 2.24) is 10.6 Å². The maximum Gasteiger partial charge on any atom is 0.224 e. The molecule has 4 heteroatoms. The van der Waals surface area contributed by atoms with E-state index in [9.17, 15) is 4.79 Å². The maximum absolute atomic E-state index is 12.0. The van der Waals surface area contributed by atoms with Crippen LogP contribution in [0, 0.1) is 5.92 Å². The van der Waals surface area contributed by atoms with E-state index >= 15 is 0 Å². The molecule has 0 heterocycles. The molecule has 2 N–H and O–H groups in total. The predicted molar refractivity (Wildman–Crippen MR) is 75.4 cm³/mol. The Morgan fingerprint density at radius 1 is 1.47 bits per heavy atom. The van der Waals surface area contributed by atoms with Crippen molar-refractivity contribution in [3.63, 3.8) is 0 Å². The van der Waals surface area contributed by atoms with E-state index in [0.717, 1.165) is 31.2 Å². The second-order valence-electron chi connectivity index (χ2n) is 4.94. The minimum absolute atomic E-state index is 0.0737. The number of hydrogen-bond donors (Lipinski definition) is 2. The van der Waals surface area contributed by atoms with Gasteiger partial charge in [0.2, 0.25) is 5.91 Å². The van der Waals surface area contributed by atoms with E-state index in [1.165, 1.54) is 12.8 Å². The molecule has 0 aromatic rings. The molecular weight excluding hydrogens is 232 g/mol. The Hall–Kier alpha value is -0.220. The van der Waals surface area contributed by atoms with Crippen LogP contribution in [0.3, 0.4) is 0 Å². The SMILES string of the molecule is CCNCC(C)C(=O)NC1CCCC(SC)C1. The van der Waals surface area contributed by atoms with Crippen molar-refractivity contribution in [2.75, 3.05) is 19.3 Å². The molecule has 1 aliphatic carbocycles. The Labute approximate surface area is 109 Å². The van der Waals surface area contributed by atoms with Gasteiger partial charge in [-0.1, -0.05) is 20.3 Å². The van der Waals surface area contributed by atoms with Crippen molar-refractivity contribution in [3.8, 4) is 0 Å². The Balaban J connectivity index is 2.29. The molecule has 3 nitrogen and oxygen atoms in total. The third kappa shape index (κ3) is 5.30. The maximum atomic E-state index is 12.0. The number of carbonyl (C=O) groups excluding carboxylic acids is 1. The van der Waals surface area contributed by atoms with Crippen LogP contribution in [0.5, 0.6) is 0 Å². The number of hydrogen-bond acceptors (Lipinski definition) is 3. The lowest BCUT2D eigenvalue weighted by Crippen LogP contribution is -2.43. The molecule has 3 unspecified atom stereocenters. The first-order valence-electron chi connectivity index (χ1n) is 6.71. The second kappa shape index (κ2) is 7.98. The molecule has 1 saturated carbocycles. The minimum atomic E-state index is 0.0737. The second-order valence-corrected chi connectivity index (χ2v) is 6.08. The van der Waals surface area contributed by atoms with Crippen LogP contribution in [0.4, 0.5) is 0 Å². The Morgan fingerprint density at radius 2 is 2.24 bits per heavy atom. The van der Waals surface area contributed by atoms with Crippen LogP contribution in [0.1, 0.15) is 39.5 Å². The molecule has 1 amide bonds. The highest BCUT2D eigenvalue weighted by molar-refractivity contribution is 7.99. The normalized spacial score (nSPS) is 26.5. The highest BCUT2D eigenvalue weighted by atomic mass is 32.2. The molecule has 0 radical (unpaired) electrons. The molecule has 0 aromatic heterocycles. The van der Waals surface area contributed by atoms with Gasteiger partial charge in [0, 0.05) is 23.8 Å². The predicted octanol–water partition coefficient (Wildman–Crippen LogP) is 2.02. The van der Waals surface area contributed by atoms with Gasteiger partial charge in [0.05, 0.1) is 0 Å². The number of rotatable bonds is 6. The summed E-state index contributed by atoms with van der Waals surface area (Å²) < 4.78 is 0. The van der Waals surface area contributed by atoms with Gasteiger partial charge in [0.25, 0.3) is 0 Å². The van der Waals surface area contributed by atoms with Gasteiger partial charge in [0.1, 0.15) is 0 Å². The molecule has 0 saturated heterocycles. The van der Waals surface area contributed by atoms with E-state index in [1.54, 1.807) is 0 Å². The van der Waals surface area contributed by atoms with Gasteiger partial charge in [0.15, 0.2) is 0 Å². The minimum Gasteiger partial charge on any atom is -0.353 e. The van der Waals surface area contributed by atoms with Crippen LogP contribution in [0.25, 0.3) is 0 Å². The molecule has 0 spiro atoms. The lowest BCUT2D eigenvalue weighted by Gasteiger charge is -2.29. The van der Waals surface area contributed by atoms with Gasteiger partial charge >= 0.3 is 0 Å². The van der Waals surface area contributed by atoms with Crippen LogP contribution in [-0.2, 0) is 4.79 Å². The molecule has 1 fully saturated rings. The van der Waals surface area contributed by atoms with E-state index in [2.05, 4.69) is 23.8 Å². The van der Waals surface area contributed by atoms with E-state index in [4.69, 9.17) is 0 Å². The van der Waals surface area contributed by atoms with Gasteiger partial charge in [-0.3, -0.25) is 4.79 Å². The Bertz CT molecular complexity index is 235. The van der Waals surface area contributed by atoms with Crippen molar-refractivity contribution in [3.05, 3.63) is 0 Å². The highest BCUT2D eigenvalue weighted by Gasteiger charge is 2.24. The van der Waals surface area contributed by atoms with E-state index < -0.39 is 0 Å². The summed E-state index contributed by atoms with van der Waals surface area (Å²) in [5.41, 5.74) is 0. The molecule has 1 aliphatic rings. The van der Waals surface area contributed by atoms with Crippen molar-refractivity contribution in [1.29, 1.82) is 0 Å². The molecule has 17 heavy (non-hydrogen) atoms. The molecule has 100 valence electrons. The average molecular weight is 258 g/mol. The van der Waals surface area contributed by atoms with E-state index in [-0.39, 0.29) is 11.8 Å². The summed E-state index contributed by atoms with van der Waals surface area (Å²) in [6, 6.07) is 0.401. The van der Waals surface area contributed by atoms with Crippen LogP contribution in [0.2, 0.25) is 0 Å². The zero-order valence-corrected chi connectivity index (χ0v) is 12.1. The summed E-state index contributed by atoms with van der Waals surface area (Å²) in [6.07, 6.45) is 7.01. The van der Waals surface area contributed by atoms with Crippen molar-refractivity contribution < 1.29 is 4.79 Å². The lowest BCUT2D eigenvalue weighted by molar-refractivity contribution is -0.125. The van der Waals surface area contributed by atoms with Crippen molar-refractivity contribution in [2.45, 2.75) is 50.8 Å². The van der Waals surface area contributed by atoms with Gasteiger partial charge < -0.3 is 10.6 Å². The van der Waals surface area contributed by atoms with Crippen LogP contribution in [0.15, 0.2) is 0 Å². The van der Waals surface area contributed by atoms with Crippen LogP contribution >= 0.6 is 11.8 Å². The first kappa shape index (κ1) is 14.8. The van der Waals surface area contributed by atoms with E-state index in [1.807, 2.05) is 18.7 Å². The van der Waals surface area contributed by atoms with Gasteiger partial charge in [-0.25, -0.2) is 0 Å². The molecule has 0 bridgehead atoms. The first-order chi connectivity index (χ1) is 8.17. The summed E-state index contributed by atoms with van der Waals surface area (Å²) in [4.78, 5) is 12.0. The molecule has 1 rings (SSSR count). The molecule has 0 aromatic carbocycles. The third-order valence-corrected chi connectivity index (χ3v) is 4.55. The summed E-state index contributed by atoms with van der Waals surface area (Å²) >= 11 is 1.94. The standard InChI is InChI=1S/C13H26N2OS/c1-4-14-9-10(2)13(16)15-11-6-5-7-12(8-11)17-3/h10-12,14H,4-9H2,1-3H3,(H,15,16). The zero-order chi connectivity index (χ0) is 12.7. The fourth-order valence-corrected chi connectivity index (χ4v) is 3.11. The molecule has 0 aliphatic heterocycles. The Morgan fingerprint density at radius 3 is 2.88 bits per heavy atom. The summed E-state index contributed by atoms with van der Waals surface area (Å²) in [5.74, 6) is 0.280. The Kier molecular flexibility index (Phi) is 6.97. The summed E-state index contributed by atoms with van der Waals surface area (Å²) in [7, 11) is 0. The van der Waals surface area contributed by atoms with Gasteiger partial charge in [-0.2, -0.15) is 11.8 Å². The van der Waals surface area contributed by atoms with Crippen molar-refractivity contribution >= 4 is 17.7 Å². The van der Waals surface area contributed by atoms with Crippen LogP contribution < -0.4 is 10.6 Å². The van der Waals surface area contributed by atoms with Crippen molar-refractivity contribution in [2.24, 2.45) is 5.92 Å². The number of carbonyl (C=O) groups is 1. The summed E-state index contributed by atoms with van der Waals surface area (Å²) in [6.45, 7) is 5.76. The number of thioether (sulfide) groups is 1. The zero-order valence-electron chi connectivity index (χ0n) is 11.3. The largest absolute Gasteiger partial charge is 0.353 e. The lowest BCUT2D eigenvalue weighted by atomic mass is 9.94. The molecule has 3 atom stereocenters. The number of amides is 1. The first-order valence-corrected chi connectivity index (χ1v) is 8.00. The smallest absolute Gasteiger partial charge is 0.224 e. The topological polar surface area (TPSA) is 41.1 Å². The van der Waals surface area contributed by atoms with Gasteiger partial charge in [-0.05, 0) is 32.1 Å². The van der Waals surface area contributed by atoms with Crippen LogP contribution in [-0.4, -0.2) is 36.5 Å². The fourth-order valence-electron chi connectivity index (χ4n) is 2.29. The number of nitrogens with one attached hydrogen (secondary N) is 2. The highest BCUT2D eigenvalue weighted by Crippen LogP contribution is 2.26. The monoisotopic (exact) mass is 258 g/mol. The molecular formula is C13H26N2OS. The third-order valence-electron chi connectivity index (χ3n) is 3.45. The average Bonchev–Trinajstić information content (AvgIpc) is 2.36. The fraction of sp³-hybridized carbons (Fsp3) is 0.923. The van der Waals surface area contributed by atoms with E-state index in [0.29, 0.717) is 6.04 Å². The van der Waals surface area contributed by atoms with Gasteiger partial charge in [-0.15, -0.1) is 0 Å².